The zero-order chi connectivity index (χ0) is 17.0. The maximum absolute atomic E-state index is 13.4. The molecule has 0 saturated carbocycles. The SMILES string of the molecule is CC1(C(=O)O[C@H]2CN3CCC2CC3)c2ccccc2-c2ccccc21. The van der Waals surface area contributed by atoms with Crippen LogP contribution < -0.4 is 0 Å². The van der Waals surface area contributed by atoms with Gasteiger partial charge in [0.1, 0.15) is 11.5 Å². The molecule has 0 N–H and O–H groups in total. The van der Waals surface area contributed by atoms with Gasteiger partial charge in [-0.05, 0) is 61.0 Å². The summed E-state index contributed by atoms with van der Waals surface area (Å²) < 4.78 is 6.15. The smallest absolute Gasteiger partial charge is 0.321 e. The fourth-order valence-electron chi connectivity index (χ4n) is 4.97. The topological polar surface area (TPSA) is 29.5 Å². The highest BCUT2D eigenvalue weighted by molar-refractivity contribution is 5.97. The number of carbonyl (C=O) groups is 1. The van der Waals surface area contributed by atoms with Gasteiger partial charge in [0.25, 0.3) is 0 Å². The van der Waals surface area contributed by atoms with Crippen LogP contribution in [-0.4, -0.2) is 36.6 Å². The average molecular weight is 333 g/mol. The molecule has 3 saturated heterocycles. The van der Waals surface area contributed by atoms with Crippen molar-refractivity contribution < 1.29 is 9.53 Å². The summed E-state index contributed by atoms with van der Waals surface area (Å²) in [5.74, 6) is 0.438. The van der Waals surface area contributed by atoms with Crippen molar-refractivity contribution in [1.82, 2.24) is 4.90 Å². The fourth-order valence-corrected chi connectivity index (χ4v) is 4.97. The zero-order valence-corrected chi connectivity index (χ0v) is 14.6. The summed E-state index contributed by atoms with van der Waals surface area (Å²) in [6.07, 6.45) is 2.36. The third kappa shape index (κ3) is 2.12. The summed E-state index contributed by atoms with van der Waals surface area (Å²) in [7, 11) is 0. The Balaban J connectivity index is 1.53. The molecule has 0 radical (unpaired) electrons. The van der Waals surface area contributed by atoms with Crippen LogP contribution in [-0.2, 0) is 14.9 Å². The molecule has 2 bridgehead atoms. The standard InChI is InChI=1S/C22H23NO2/c1-22(21(24)25-20-14-23-12-10-15(20)11-13-23)18-8-4-2-6-16(18)17-7-3-5-9-19(17)22/h2-9,15,20H,10-14H2,1H3/t20-/m0/s1. The van der Waals surface area contributed by atoms with Crippen LogP contribution in [0, 0.1) is 5.92 Å². The minimum absolute atomic E-state index is 0.0479. The highest BCUT2D eigenvalue weighted by Crippen LogP contribution is 2.49. The number of ether oxygens (including phenoxy) is 1. The molecular formula is C22H23NO2. The summed E-state index contributed by atoms with van der Waals surface area (Å²) in [5.41, 5.74) is 3.75. The third-order valence-corrected chi connectivity index (χ3v) is 6.48. The van der Waals surface area contributed by atoms with Gasteiger partial charge in [0, 0.05) is 6.54 Å². The van der Waals surface area contributed by atoms with Gasteiger partial charge < -0.3 is 4.74 Å². The summed E-state index contributed by atoms with van der Waals surface area (Å²) in [4.78, 5) is 15.8. The molecule has 6 rings (SSSR count). The molecule has 128 valence electrons. The quantitative estimate of drug-likeness (QED) is 0.786. The van der Waals surface area contributed by atoms with Crippen LogP contribution in [0.5, 0.6) is 0 Å². The van der Waals surface area contributed by atoms with Crippen molar-refractivity contribution in [2.24, 2.45) is 5.92 Å². The van der Waals surface area contributed by atoms with E-state index in [-0.39, 0.29) is 12.1 Å². The van der Waals surface area contributed by atoms with Crippen molar-refractivity contribution in [3.05, 3.63) is 59.7 Å². The molecule has 1 aliphatic carbocycles. The molecular weight excluding hydrogens is 310 g/mol. The first-order valence-electron chi connectivity index (χ1n) is 9.31. The van der Waals surface area contributed by atoms with E-state index in [0.29, 0.717) is 5.92 Å². The molecule has 0 aromatic heterocycles. The summed E-state index contributed by atoms with van der Waals surface area (Å²) in [6, 6.07) is 16.5. The lowest BCUT2D eigenvalue weighted by molar-refractivity contribution is -0.163. The van der Waals surface area contributed by atoms with Gasteiger partial charge in [0.15, 0.2) is 0 Å². The van der Waals surface area contributed by atoms with E-state index in [1.807, 2.05) is 31.2 Å². The van der Waals surface area contributed by atoms with E-state index in [4.69, 9.17) is 4.74 Å². The average Bonchev–Trinajstić information content (AvgIpc) is 2.94. The number of esters is 1. The summed E-state index contributed by atoms with van der Waals surface area (Å²) in [5, 5.41) is 0. The highest BCUT2D eigenvalue weighted by Gasteiger charge is 2.48. The molecule has 2 aromatic carbocycles. The Morgan fingerprint density at radius 1 is 1.00 bits per heavy atom. The Bertz CT molecular complexity index is 790. The van der Waals surface area contributed by atoms with E-state index in [1.165, 1.54) is 0 Å². The highest BCUT2D eigenvalue weighted by atomic mass is 16.5. The number of benzene rings is 2. The molecule has 3 heteroatoms. The normalized spacial score (nSPS) is 28.3. The van der Waals surface area contributed by atoms with Crippen molar-refractivity contribution in [1.29, 1.82) is 0 Å². The molecule has 3 fully saturated rings. The van der Waals surface area contributed by atoms with Crippen molar-refractivity contribution in [2.45, 2.75) is 31.3 Å². The van der Waals surface area contributed by atoms with Crippen LogP contribution >= 0.6 is 0 Å². The van der Waals surface area contributed by atoms with E-state index in [2.05, 4.69) is 29.2 Å². The van der Waals surface area contributed by atoms with Crippen LogP contribution in [0.3, 0.4) is 0 Å². The molecule has 3 aliphatic heterocycles. The lowest BCUT2D eigenvalue weighted by Crippen LogP contribution is -2.53. The lowest BCUT2D eigenvalue weighted by Gasteiger charge is -2.44. The molecule has 1 atom stereocenters. The molecule has 25 heavy (non-hydrogen) atoms. The van der Waals surface area contributed by atoms with Gasteiger partial charge in [0.2, 0.25) is 0 Å². The molecule has 4 aliphatic rings. The van der Waals surface area contributed by atoms with E-state index in [9.17, 15) is 4.79 Å². The van der Waals surface area contributed by atoms with E-state index >= 15 is 0 Å². The van der Waals surface area contributed by atoms with Crippen molar-refractivity contribution in [2.75, 3.05) is 19.6 Å². The number of fused-ring (bicyclic) bond motifs is 6. The van der Waals surface area contributed by atoms with Crippen LogP contribution in [0.15, 0.2) is 48.5 Å². The second-order valence-electron chi connectivity index (χ2n) is 7.80. The Morgan fingerprint density at radius 2 is 1.56 bits per heavy atom. The van der Waals surface area contributed by atoms with Crippen LogP contribution in [0.1, 0.15) is 30.9 Å². The van der Waals surface area contributed by atoms with Gasteiger partial charge in [-0.25, -0.2) is 0 Å². The van der Waals surface area contributed by atoms with Gasteiger partial charge in [-0.2, -0.15) is 0 Å². The molecule has 0 spiro atoms. The number of rotatable bonds is 2. The van der Waals surface area contributed by atoms with Crippen LogP contribution in [0.2, 0.25) is 0 Å². The molecule has 3 heterocycles. The Kier molecular flexibility index (Phi) is 3.29. The van der Waals surface area contributed by atoms with E-state index in [0.717, 1.165) is 54.7 Å². The van der Waals surface area contributed by atoms with E-state index < -0.39 is 5.41 Å². The lowest BCUT2D eigenvalue weighted by atomic mass is 9.79. The first-order valence-corrected chi connectivity index (χ1v) is 9.31. The second-order valence-corrected chi connectivity index (χ2v) is 7.80. The van der Waals surface area contributed by atoms with Gasteiger partial charge in [0.05, 0.1) is 0 Å². The molecule has 2 aromatic rings. The second kappa shape index (κ2) is 5.43. The number of nitrogens with zero attached hydrogens (tertiary/aromatic N) is 1. The molecule has 0 unspecified atom stereocenters. The first-order chi connectivity index (χ1) is 12.2. The maximum Gasteiger partial charge on any atom is 0.321 e. The van der Waals surface area contributed by atoms with E-state index in [1.54, 1.807) is 0 Å². The first kappa shape index (κ1) is 15.2. The van der Waals surface area contributed by atoms with Gasteiger partial charge in [-0.15, -0.1) is 0 Å². The maximum atomic E-state index is 13.4. The zero-order valence-electron chi connectivity index (χ0n) is 14.6. The van der Waals surface area contributed by atoms with Crippen molar-refractivity contribution >= 4 is 5.97 Å². The third-order valence-electron chi connectivity index (χ3n) is 6.48. The largest absolute Gasteiger partial charge is 0.460 e. The van der Waals surface area contributed by atoms with Crippen molar-refractivity contribution in [3.63, 3.8) is 0 Å². The predicted octanol–water partition coefficient (Wildman–Crippen LogP) is 3.61. The van der Waals surface area contributed by atoms with Crippen LogP contribution in [0.25, 0.3) is 11.1 Å². The fraction of sp³-hybridized carbons (Fsp3) is 0.409. The minimum Gasteiger partial charge on any atom is -0.460 e. The molecule has 0 amide bonds. The number of hydrogen-bond acceptors (Lipinski definition) is 3. The Morgan fingerprint density at radius 3 is 2.08 bits per heavy atom. The monoisotopic (exact) mass is 333 g/mol. The predicted molar refractivity (Wildman–Crippen MR) is 97.4 cm³/mol. The van der Waals surface area contributed by atoms with Gasteiger partial charge in [-0.3, -0.25) is 9.69 Å². The number of piperidine rings is 3. The Labute approximate surface area is 148 Å². The summed E-state index contributed by atoms with van der Waals surface area (Å²) >= 11 is 0. The van der Waals surface area contributed by atoms with Gasteiger partial charge in [-0.1, -0.05) is 48.5 Å². The molecule has 3 nitrogen and oxygen atoms in total. The van der Waals surface area contributed by atoms with Gasteiger partial charge >= 0.3 is 5.97 Å². The summed E-state index contributed by atoms with van der Waals surface area (Å²) in [6.45, 7) is 5.24. The van der Waals surface area contributed by atoms with Crippen LogP contribution in [0.4, 0.5) is 0 Å². The minimum atomic E-state index is -0.709. The van der Waals surface area contributed by atoms with Crippen molar-refractivity contribution in [3.8, 4) is 11.1 Å². The Hall–Kier alpha value is -2.13. The number of carbonyl (C=O) groups excluding carboxylic acids is 1. The number of hydrogen-bond donors (Lipinski definition) is 0.